The van der Waals surface area contributed by atoms with E-state index < -0.39 is 17.5 Å². The summed E-state index contributed by atoms with van der Waals surface area (Å²) in [4.78, 5) is 3.91. The molecule has 0 aliphatic carbocycles. The lowest BCUT2D eigenvalue weighted by Crippen LogP contribution is -2.11. The molecule has 0 saturated carbocycles. The fourth-order valence-electron chi connectivity index (χ4n) is 1.57. The highest BCUT2D eigenvalue weighted by atomic mass is 19.2. The Morgan fingerprint density at radius 2 is 1.94 bits per heavy atom. The van der Waals surface area contributed by atoms with Crippen molar-refractivity contribution < 1.29 is 13.2 Å². The van der Waals surface area contributed by atoms with Crippen molar-refractivity contribution in [2.45, 2.75) is 6.54 Å². The number of aromatic nitrogens is 2. The third-order valence-electron chi connectivity index (χ3n) is 2.36. The molecule has 90 valence electrons. The molecule has 0 atom stereocenters. The van der Waals surface area contributed by atoms with Gasteiger partial charge in [-0.1, -0.05) is 0 Å². The van der Waals surface area contributed by atoms with E-state index in [1.165, 1.54) is 6.20 Å². The van der Waals surface area contributed by atoms with Crippen molar-refractivity contribution in [3.05, 3.63) is 42.0 Å². The Bertz CT molecular complexity index is 537. The Kier molecular flexibility index (Phi) is 3.14. The van der Waals surface area contributed by atoms with Crippen molar-refractivity contribution in [1.82, 2.24) is 9.55 Å². The number of hydrogen-bond acceptors (Lipinski definition) is 2. The molecule has 0 spiro atoms. The van der Waals surface area contributed by atoms with Gasteiger partial charge < -0.3 is 10.3 Å². The molecular formula is C11H10F3N3. The van der Waals surface area contributed by atoms with Crippen molar-refractivity contribution in [3.63, 3.8) is 0 Å². The lowest BCUT2D eigenvalue weighted by atomic mass is 10.2. The van der Waals surface area contributed by atoms with E-state index in [4.69, 9.17) is 5.73 Å². The van der Waals surface area contributed by atoms with Crippen LogP contribution >= 0.6 is 0 Å². The minimum absolute atomic E-state index is 0.0812. The second kappa shape index (κ2) is 4.58. The molecular weight excluding hydrogens is 231 g/mol. The Morgan fingerprint density at radius 1 is 1.18 bits per heavy atom. The van der Waals surface area contributed by atoms with Crippen molar-refractivity contribution in [2.24, 2.45) is 5.73 Å². The molecule has 1 heterocycles. The van der Waals surface area contributed by atoms with E-state index in [1.54, 1.807) is 10.8 Å². The summed E-state index contributed by atoms with van der Waals surface area (Å²) >= 11 is 0. The van der Waals surface area contributed by atoms with Crippen LogP contribution in [0, 0.1) is 17.5 Å². The Hall–Kier alpha value is -1.82. The fourth-order valence-corrected chi connectivity index (χ4v) is 1.57. The zero-order valence-corrected chi connectivity index (χ0v) is 8.83. The van der Waals surface area contributed by atoms with Crippen LogP contribution in [0.25, 0.3) is 11.4 Å². The number of rotatable bonds is 3. The Labute approximate surface area is 95.7 Å². The van der Waals surface area contributed by atoms with E-state index in [2.05, 4.69) is 4.98 Å². The first-order valence-corrected chi connectivity index (χ1v) is 5.00. The predicted octanol–water partition coefficient (Wildman–Crippen LogP) is 1.93. The second-order valence-corrected chi connectivity index (χ2v) is 3.46. The quantitative estimate of drug-likeness (QED) is 0.834. The first kappa shape index (κ1) is 11.7. The summed E-state index contributed by atoms with van der Waals surface area (Å²) in [5, 5.41) is 0. The summed E-state index contributed by atoms with van der Waals surface area (Å²) in [6.45, 7) is 0.766. The molecule has 2 N–H and O–H groups in total. The number of benzene rings is 1. The van der Waals surface area contributed by atoms with E-state index in [-0.39, 0.29) is 11.4 Å². The average molecular weight is 241 g/mol. The van der Waals surface area contributed by atoms with Crippen LogP contribution in [-0.2, 0) is 6.54 Å². The van der Waals surface area contributed by atoms with Crippen LogP contribution in [0.1, 0.15) is 0 Å². The lowest BCUT2D eigenvalue weighted by Gasteiger charge is -2.07. The predicted molar refractivity (Wildman–Crippen MR) is 56.6 cm³/mol. The van der Waals surface area contributed by atoms with E-state index in [0.717, 1.165) is 12.1 Å². The van der Waals surface area contributed by atoms with Gasteiger partial charge >= 0.3 is 0 Å². The SMILES string of the molecule is NCCn1ccnc1-c1ccc(F)c(F)c1F. The zero-order valence-electron chi connectivity index (χ0n) is 8.83. The topological polar surface area (TPSA) is 43.8 Å². The van der Waals surface area contributed by atoms with Gasteiger partial charge in [-0.3, -0.25) is 0 Å². The van der Waals surface area contributed by atoms with E-state index in [0.29, 0.717) is 13.1 Å². The zero-order chi connectivity index (χ0) is 12.4. The van der Waals surface area contributed by atoms with Crippen molar-refractivity contribution in [1.29, 1.82) is 0 Å². The monoisotopic (exact) mass is 241 g/mol. The van der Waals surface area contributed by atoms with Crippen LogP contribution in [0.2, 0.25) is 0 Å². The molecule has 0 bridgehead atoms. The maximum absolute atomic E-state index is 13.5. The Balaban J connectivity index is 2.53. The van der Waals surface area contributed by atoms with E-state index >= 15 is 0 Å². The first-order chi connectivity index (χ1) is 8.15. The largest absolute Gasteiger partial charge is 0.330 e. The third-order valence-corrected chi connectivity index (χ3v) is 2.36. The molecule has 6 heteroatoms. The number of nitrogens with zero attached hydrogens (tertiary/aromatic N) is 2. The summed E-state index contributed by atoms with van der Waals surface area (Å²) in [6, 6.07) is 2.03. The van der Waals surface area contributed by atoms with Gasteiger partial charge in [0, 0.05) is 25.5 Å². The van der Waals surface area contributed by atoms with Gasteiger partial charge in [-0.25, -0.2) is 18.2 Å². The number of nitrogens with two attached hydrogens (primary N) is 1. The van der Waals surface area contributed by atoms with E-state index in [1.807, 2.05) is 0 Å². The molecule has 0 radical (unpaired) electrons. The van der Waals surface area contributed by atoms with Gasteiger partial charge in [0.2, 0.25) is 0 Å². The van der Waals surface area contributed by atoms with Crippen LogP contribution < -0.4 is 5.73 Å². The number of imidazole rings is 1. The highest BCUT2D eigenvalue weighted by molar-refractivity contribution is 5.56. The molecule has 0 saturated heterocycles. The highest BCUT2D eigenvalue weighted by Crippen LogP contribution is 2.24. The summed E-state index contributed by atoms with van der Waals surface area (Å²) < 4.78 is 41.0. The van der Waals surface area contributed by atoms with Crippen LogP contribution in [0.15, 0.2) is 24.5 Å². The van der Waals surface area contributed by atoms with Gasteiger partial charge in [0.15, 0.2) is 17.5 Å². The first-order valence-electron chi connectivity index (χ1n) is 5.00. The third kappa shape index (κ3) is 2.03. The number of halogens is 3. The molecule has 2 rings (SSSR count). The highest BCUT2D eigenvalue weighted by Gasteiger charge is 2.17. The Morgan fingerprint density at radius 3 is 2.65 bits per heavy atom. The molecule has 1 aromatic carbocycles. The minimum atomic E-state index is -1.50. The molecule has 0 fully saturated rings. The average Bonchev–Trinajstić information content (AvgIpc) is 2.75. The summed E-state index contributed by atoms with van der Waals surface area (Å²) in [6.07, 6.45) is 3.05. The second-order valence-electron chi connectivity index (χ2n) is 3.46. The summed E-state index contributed by atoms with van der Waals surface area (Å²) in [7, 11) is 0. The van der Waals surface area contributed by atoms with Gasteiger partial charge in [0.25, 0.3) is 0 Å². The molecule has 0 aliphatic rings. The molecule has 0 amide bonds. The van der Waals surface area contributed by atoms with Gasteiger partial charge in [0.1, 0.15) is 5.82 Å². The molecule has 0 unspecified atom stereocenters. The summed E-state index contributed by atoms with van der Waals surface area (Å²) in [5.74, 6) is -3.73. The number of hydrogen-bond donors (Lipinski definition) is 1. The van der Waals surface area contributed by atoms with Gasteiger partial charge in [-0.15, -0.1) is 0 Å². The molecule has 1 aromatic heterocycles. The van der Waals surface area contributed by atoms with Crippen molar-refractivity contribution in [3.8, 4) is 11.4 Å². The van der Waals surface area contributed by atoms with Crippen LogP contribution in [0.4, 0.5) is 13.2 Å². The van der Waals surface area contributed by atoms with Crippen molar-refractivity contribution in [2.75, 3.05) is 6.54 Å². The normalized spacial score (nSPS) is 10.8. The summed E-state index contributed by atoms with van der Waals surface area (Å²) in [5.41, 5.74) is 5.30. The van der Waals surface area contributed by atoms with Gasteiger partial charge in [-0.05, 0) is 12.1 Å². The minimum Gasteiger partial charge on any atom is -0.330 e. The lowest BCUT2D eigenvalue weighted by molar-refractivity contribution is 0.448. The molecule has 3 nitrogen and oxygen atoms in total. The standard InChI is InChI=1S/C11H10F3N3/c12-8-2-1-7(9(13)10(8)14)11-16-4-6-17(11)5-3-15/h1-2,4,6H,3,5,15H2. The smallest absolute Gasteiger partial charge is 0.195 e. The maximum atomic E-state index is 13.5. The molecule has 2 aromatic rings. The van der Waals surface area contributed by atoms with Gasteiger partial charge in [0.05, 0.1) is 5.56 Å². The van der Waals surface area contributed by atoms with Crippen LogP contribution in [0.5, 0.6) is 0 Å². The molecule has 17 heavy (non-hydrogen) atoms. The van der Waals surface area contributed by atoms with Crippen LogP contribution in [0.3, 0.4) is 0 Å². The molecule has 0 aliphatic heterocycles. The van der Waals surface area contributed by atoms with Crippen LogP contribution in [-0.4, -0.2) is 16.1 Å². The maximum Gasteiger partial charge on any atom is 0.195 e. The van der Waals surface area contributed by atoms with Crippen molar-refractivity contribution >= 4 is 0 Å². The fraction of sp³-hybridized carbons (Fsp3) is 0.182. The van der Waals surface area contributed by atoms with E-state index in [9.17, 15) is 13.2 Å². The van der Waals surface area contributed by atoms with Gasteiger partial charge in [-0.2, -0.15) is 0 Å².